The molecule has 22 heavy (non-hydrogen) atoms. The van der Waals surface area contributed by atoms with Gasteiger partial charge in [0.2, 0.25) is 0 Å². The van der Waals surface area contributed by atoms with Crippen molar-refractivity contribution in [2.75, 3.05) is 0 Å². The average molecular weight is 324 g/mol. The fourth-order valence-electron chi connectivity index (χ4n) is 2.85. The molecule has 0 aliphatic heterocycles. The van der Waals surface area contributed by atoms with Crippen LogP contribution in [-0.4, -0.2) is 9.13 Å². The molecule has 0 fully saturated rings. The fourth-order valence-corrected chi connectivity index (χ4v) is 4.80. The molecule has 4 rings (SSSR count). The number of aryl methyl sites for hydroxylation is 2. The summed E-state index contributed by atoms with van der Waals surface area (Å²) in [6.45, 7) is 0. The van der Waals surface area contributed by atoms with E-state index in [9.17, 15) is 0 Å². The van der Waals surface area contributed by atoms with Crippen LogP contribution in [0.1, 0.15) is 0 Å². The molecule has 0 atom stereocenters. The van der Waals surface area contributed by atoms with E-state index in [4.69, 9.17) is 0 Å². The summed E-state index contributed by atoms with van der Waals surface area (Å²) < 4.78 is 4.39. The Labute approximate surface area is 137 Å². The van der Waals surface area contributed by atoms with E-state index in [2.05, 4.69) is 82.8 Å². The van der Waals surface area contributed by atoms with Gasteiger partial charge in [-0.2, -0.15) is 0 Å². The molecule has 0 radical (unpaired) electrons. The van der Waals surface area contributed by atoms with Crippen molar-refractivity contribution in [1.82, 2.24) is 9.13 Å². The van der Waals surface area contributed by atoms with Gasteiger partial charge in [-0.3, -0.25) is 0 Å². The normalized spacial score (nSPS) is 11.2. The first-order valence-corrected chi connectivity index (χ1v) is 8.90. The van der Waals surface area contributed by atoms with E-state index in [1.165, 1.54) is 32.3 Å². The zero-order valence-electron chi connectivity index (χ0n) is 12.5. The summed E-state index contributed by atoms with van der Waals surface area (Å²) in [6, 6.07) is 12.9. The third kappa shape index (κ3) is 2.07. The lowest BCUT2D eigenvalue weighted by Crippen LogP contribution is -1.94. The first-order chi connectivity index (χ1) is 10.8. The van der Waals surface area contributed by atoms with E-state index >= 15 is 0 Å². The topological polar surface area (TPSA) is 9.86 Å². The van der Waals surface area contributed by atoms with Gasteiger partial charge >= 0.3 is 0 Å². The molecular weight excluding hydrogens is 308 g/mol. The summed E-state index contributed by atoms with van der Waals surface area (Å²) in [5.41, 5.74) is 5.17. The van der Waals surface area contributed by atoms with E-state index in [-0.39, 0.29) is 0 Å². The van der Waals surface area contributed by atoms with Crippen molar-refractivity contribution in [3.8, 4) is 32.3 Å². The van der Waals surface area contributed by atoms with Gasteiger partial charge in [0, 0.05) is 59.3 Å². The lowest BCUT2D eigenvalue weighted by atomic mass is 10.0. The highest BCUT2D eigenvalue weighted by Crippen LogP contribution is 2.45. The zero-order chi connectivity index (χ0) is 15.1. The molecule has 0 N–H and O–H groups in total. The highest BCUT2D eigenvalue weighted by atomic mass is 32.1. The maximum atomic E-state index is 2.28. The third-order valence-corrected chi connectivity index (χ3v) is 5.99. The molecule has 4 heteroatoms. The van der Waals surface area contributed by atoms with Crippen LogP contribution >= 0.6 is 22.7 Å². The predicted octanol–water partition coefficient (Wildman–Crippen LogP) is 5.49. The second-order valence-corrected chi connectivity index (χ2v) is 7.17. The zero-order valence-corrected chi connectivity index (χ0v) is 14.1. The lowest BCUT2D eigenvalue weighted by molar-refractivity contribution is 0.930. The molecule has 0 aliphatic rings. The molecule has 0 spiro atoms. The molecule has 0 saturated carbocycles. The van der Waals surface area contributed by atoms with E-state index in [0.717, 1.165) is 0 Å². The summed E-state index contributed by atoms with van der Waals surface area (Å²) in [5, 5.41) is 4.43. The molecule has 110 valence electrons. The Hall–Kier alpha value is -2.04. The molecule has 4 aromatic heterocycles. The Balaban J connectivity index is 2.01. The SMILES string of the molecule is Cn1cccc1-c1csc(-c2cccs2)c1-c1cccn1C. The van der Waals surface area contributed by atoms with E-state index in [1.54, 1.807) is 11.3 Å². The van der Waals surface area contributed by atoms with Crippen LogP contribution < -0.4 is 0 Å². The molecule has 0 bridgehead atoms. The third-order valence-electron chi connectivity index (χ3n) is 3.96. The monoisotopic (exact) mass is 324 g/mol. The van der Waals surface area contributed by atoms with Crippen molar-refractivity contribution in [1.29, 1.82) is 0 Å². The summed E-state index contributed by atoms with van der Waals surface area (Å²) in [4.78, 5) is 2.69. The Morgan fingerprint density at radius 1 is 0.818 bits per heavy atom. The molecule has 2 nitrogen and oxygen atoms in total. The molecule has 4 heterocycles. The van der Waals surface area contributed by atoms with Crippen LogP contribution in [0, 0.1) is 0 Å². The second kappa shape index (κ2) is 5.30. The van der Waals surface area contributed by atoms with Gasteiger partial charge in [-0.1, -0.05) is 6.07 Å². The summed E-state index contributed by atoms with van der Waals surface area (Å²) >= 11 is 3.63. The summed E-state index contributed by atoms with van der Waals surface area (Å²) in [6.07, 6.45) is 4.21. The van der Waals surface area contributed by atoms with Gasteiger partial charge in [-0.05, 0) is 35.7 Å². The van der Waals surface area contributed by atoms with E-state index < -0.39 is 0 Å². The van der Waals surface area contributed by atoms with Crippen molar-refractivity contribution in [2.24, 2.45) is 14.1 Å². The molecule has 0 saturated heterocycles. The standard InChI is InChI=1S/C18H16N2S2/c1-19-9-3-6-14(19)13-12-22-18(16-8-5-11-21-16)17(13)15-7-4-10-20(15)2/h3-12H,1-2H3. The van der Waals surface area contributed by atoms with Crippen LogP contribution in [0.15, 0.2) is 59.6 Å². The van der Waals surface area contributed by atoms with Crippen LogP contribution in [0.2, 0.25) is 0 Å². The van der Waals surface area contributed by atoms with Crippen molar-refractivity contribution >= 4 is 22.7 Å². The molecule has 4 aromatic rings. The van der Waals surface area contributed by atoms with Gasteiger partial charge in [-0.25, -0.2) is 0 Å². The first kappa shape index (κ1) is 13.6. The van der Waals surface area contributed by atoms with Crippen molar-refractivity contribution in [3.05, 3.63) is 59.6 Å². The average Bonchev–Trinajstić information content (AvgIpc) is 3.23. The number of thiophene rings is 2. The summed E-state index contributed by atoms with van der Waals surface area (Å²) in [7, 11) is 4.21. The van der Waals surface area contributed by atoms with Gasteiger partial charge in [0.25, 0.3) is 0 Å². The van der Waals surface area contributed by atoms with Crippen molar-refractivity contribution in [3.63, 3.8) is 0 Å². The molecular formula is C18H16N2S2. The number of rotatable bonds is 3. The predicted molar refractivity (Wildman–Crippen MR) is 96.4 cm³/mol. The molecule has 0 aromatic carbocycles. The van der Waals surface area contributed by atoms with Crippen molar-refractivity contribution < 1.29 is 0 Å². The fraction of sp³-hybridized carbons (Fsp3) is 0.111. The maximum Gasteiger partial charge on any atom is 0.0542 e. The van der Waals surface area contributed by atoms with Crippen LogP contribution in [0.25, 0.3) is 32.3 Å². The van der Waals surface area contributed by atoms with E-state index in [1.807, 2.05) is 11.3 Å². The van der Waals surface area contributed by atoms with Gasteiger partial charge < -0.3 is 9.13 Å². The number of nitrogens with zero attached hydrogens (tertiary/aromatic N) is 2. The van der Waals surface area contributed by atoms with Crippen LogP contribution in [0.5, 0.6) is 0 Å². The first-order valence-electron chi connectivity index (χ1n) is 7.14. The molecule has 0 unspecified atom stereocenters. The number of aromatic nitrogens is 2. The Kier molecular flexibility index (Phi) is 3.28. The van der Waals surface area contributed by atoms with Gasteiger partial charge in [0.05, 0.1) is 4.88 Å². The van der Waals surface area contributed by atoms with Crippen LogP contribution in [-0.2, 0) is 14.1 Å². The van der Waals surface area contributed by atoms with Crippen molar-refractivity contribution in [2.45, 2.75) is 0 Å². The highest BCUT2D eigenvalue weighted by molar-refractivity contribution is 7.21. The maximum absolute atomic E-state index is 2.28. The Bertz CT molecular complexity index is 907. The minimum Gasteiger partial charge on any atom is -0.351 e. The number of hydrogen-bond acceptors (Lipinski definition) is 2. The van der Waals surface area contributed by atoms with Gasteiger partial charge in [-0.15, -0.1) is 22.7 Å². The minimum absolute atomic E-state index is 1.26. The largest absolute Gasteiger partial charge is 0.351 e. The highest BCUT2D eigenvalue weighted by Gasteiger charge is 2.20. The quantitative estimate of drug-likeness (QED) is 0.472. The van der Waals surface area contributed by atoms with Gasteiger partial charge in [0.1, 0.15) is 0 Å². The van der Waals surface area contributed by atoms with Crippen LogP contribution in [0.4, 0.5) is 0 Å². The Morgan fingerprint density at radius 3 is 2.14 bits per heavy atom. The molecule has 0 aliphatic carbocycles. The minimum atomic E-state index is 1.26. The Morgan fingerprint density at radius 2 is 1.55 bits per heavy atom. The lowest BCUT2D eigenvalue weighted by Gasteiger charge is -2.10. The second-order valence-electron chi connectivity index (χ2n) is 5.34. The smallest absolute Gasteiger partial charge is 0.0542 e. The molecule has 0 amide bonds. The van der Waals surface area contributed by atoms with Crippen LogP contribution in [0.3, 0.4) is 0 Å². The number of hydrogen-bond donors (Lipinski definition) is 0. The summed E-state index contributed by atoms with van der Waals surface area (Å²) in [5.74, 6) is 0. The van der Waals surface area contributed by atoms with Gasteiger partial charge in [0.15, 0.2) is 0 Å². The van der Waals surface area contributed by atoms with E-state index in [0.29, 0.717) is 0 Å².